The standard InChI is InChI=1S/C19H28N4O3/c20-17(16-4-2-1-3-5-16)14-18(24)22-6-8-23(9-7-22)19(25)15-21-10-12-26-13-11-21/h1-5,17H,6-15,20H2. The molecule has 7 heteroatoms. The van der Waals surface area contributed by atoms with Gasteiger partial charge in [-0.3, -0.25) is 14.5 Å². The number of hydrogen-bond donors (Lipinski definition) is 1. The van der Waals surface area contributed by atoms with Gasteiger partial charge < -0.3 is 20.3 Å². The molecule has 2 aliphatic rings. The van der Waals surface area contributed by atoms with Crippen LogP contribution in [0.2, 0.25) is 0 Å². The van der Waals surface area contributed by atoms with Crippen LogP contribution in [-0.4, -0.2) is 85.5 Å². The summed E-state index contributed by atoms with van der Waals surface area (Å²) in [6.45, 7) is 5.78. The summed E-state index contributed by atoms with van der Waals surface area (Å²) in [4.78, 5) is 30.7. The Hall–Kier alpha value is -1.96. The molecule has 1 atom stereocenters. The molecule has 2 heterocycles. The molecule has 0 radical (unpaired) electrons. The Morgan fingerprint density at radius 3 is 2.12 bits per heavy atom. The highest BCUT2D eigenvalue weighted by atomic mass is 16.5. The van der Waals surface area contributed by atoms with Crippen LogP contribution in [0.15, 0.2) is 30.3 Å². The van der Waals surface area contributed by atoms with E-state index >= 15 is 0 Å². The van der Waals surface area contributed by atoms with Crippen molar-refractivity contribution >= 4 is 11.8 Å². The number of ether oxygens (including phenoxy) is 1. The van der Waals surface area contributed by atoms with E-state index in [0.29, 0.717) is 52.4 Å². The first-order valence-corrected chi connectivity index (χ1v) is 9.29. The number of carbonyl (C=O) groups excluding carboxylic acids is 2. The third kappa shape index (κ3) is 5.03. The lowest BCUT2D eigenvalue weighted by molar-refractivity contribution is -0.141. The van der Waals surface area contributed by atoms with Crippen molar-refractivity contribution in [3.05, 3.63) is 35.9 Å². The molecule has 2 aliphatic heterocycles. The molecule has 2 N–H and O–H groups in total. The van der Waals surface area contributed by atoms with Gasteiger partial charge in [0.25, 0.3) is 0 Å². The van der Waals surface area contributed by atoms with E-state index in [9.17, 15) is 9.59 Å². The maximum absolute atomic E-state index is 12.5. The quantitative estimate of drug-likeness (QED) is 0.805. The van der Waals surface area contributed by atoms with Crippen molar-refractivity contribution in [3.63, 3.8) is 0 Å². The van der Waals surface area contributed by atoms with E-state index in [1.807, 2.05) is 40.1 Å². The van der Waals surface area contributed by atoms with Gasteiger partial charge in [0.15, 0.2) is 0 Å². The number of morpholine rings is 1. The number of piperazine rings is 1. The lowest BCUT2D eigenvalue weighted by atomic mass is 10.0. The predicted molar refractivity (Wildman–Crippen MR) is 98.4 cm³/mol. The highest BCUT2D eigenvalue weighted by Crippen LogP contribution is 2.15. The van der Waals surface area contributed by atoms with E-state index in [0.717, 1.165) is 18.7 Å². The van der Waals surface area contributed by atoms with Crippen molar-refractivity contribution in [2.24, 2.45) is 5.73 Å². The Labute approximate surface area is 154 Å². The molecule has 0 aliphatic carbocycles. The second kappa shape index (κ2) is 9.12. The first-order chi connectivity index (χ1) is 12.6. The molecule has 2 fully saturated rings. The predicted octanol–water partition coefficient (Wildman–Crippen LogP) is 0.0795. The number of nitrogens with two attached hydrogens (primary N) is 1. The molecule has 2 saturated heterocycles. The second-order valence-corrected chi connectivity index (χ2v) is 6.87. The molecular formula is C19H28N4O3. The Balaban J connectivity index is 1.42. The summed E-state index contributed by atoms with van der Waals surface area (Å²) in [5.74, 6) is 0.196. The molecule has 1 aromatic carbocycles. The van der Waals surface area contributed by atoms with Crippen LogP contribution < -0.4 is 5.73 Å². The number of carbonyl (C=O) groups is 2. The number of rotatable bonds is 5. The SMILES string of the molecule is NC(CC(=O)N1CCN(C(=O)CN2CCOCC2)CC1)c1ccccc1. The minimum atomic E-state index is -0.287. The van der Waals surface area contributed by atoms with Gasteiger partial charge in [-0.1, -0.05) is 30.3 Å². The van der Waals surface area contributed by atoms with E-state index in [1.54, 1.807) is 0 Å². The molecule has 26 heavy (non-hydrogen) atoms. The maximum Gasteiger partial charge on any atom is 0.236 e. The molecule has 0 bridgehead atoms. The Morgan fingerprint density at radius 1 is 0.923 bits per heavy atom. The largest absolute Gasteiger partial charge is 0.379 e. The van der Waals surface area contributed by atoms with E-state index < -0.39 is 0 Å². The fourth-order valence-corrected chi connectivity index (χ4v) is 3.39. The van der Waals surface area contributed by atoms with Gasteiger partial charge in [0.2, 0.25) is 11.8 Å². The molecule has 1 unspecified atom stereocenters. The lowest BCUT2D eigenvalue weighted by Crippen LogP contribution is -2.53. The van der Waals surface area contributed by atoms with Crippen molar-refractivity contribution in [1.82, 2.24) is 14.7 Å². The molecule has 1 aromatic rings. The van der Waals surface area contributed by atoms with Gasteiger partial charge in [0, 0.05) is 51.7 Å². The minimum Gasteiger partial charge on any atom is -0.379 e. The minimum absolute atomic E-state index is 0.0571. The van der Waals surface area contributed by atoms with E-state index in [2.05, 4.69) is 4.90 Å². The summed E-state index contributed by atoms with van der Waals surface area (Å²) in [7, 11) is 0. The Morgan fingerprint density at radius 2 is 1.50 bits per heavy atom. The summed E-state index contributed by atoms with van der Waals surface area (Å²) < 4.78 is 5.31. The van der Waals surface area contributed by atoms with Gasteiger partial charge in [-0.2, -0.15) is 0 Å². The highest BCUT2D eigenvalue weighted by molar-refractivity contribution is 5.80. The maximum atomic E-state index is 12.5. The first-order valence-electron chi connectivity index (χ1n) is 9.29. The van der Waals surface area contributed by atoms with Crippen LogP contribution in [0, 0.1) is 0 Å². The Kier molecular flexibility index (Phi) is 6.60. The highest BCUT2D eigenvalue weighted by Gasteiger charge is 2.26. The molecule has 2 amide bonds. The van der Waals surface area contributed by atoms with Crippen LogP contribution in [0.4, 0.5) is 0 Å². The Bertz CT molecular complexity index is 596. The van der Waals surface area contributed by atoms with Crippen LogP contribution in [0.25, 0.3) is 0 Å². The smallest absolute Gasteiger partial charge is 0.236 e. The van der Waals surface area contributed by atoms with Crippen LogP contribution in [-0.2, 0) is 14.3 Å². The van der Waals surface area contributed by atoms with E-state index in [1.165, 1.54) is 0 Å². The number of nitrogens with zero attached hydrogens (tertiary/aromatic N) is 3. The van der Waals surface area contributed by atoms with Crippen molar-refractivity contribution in [2.45, 2.75) is 12.5 Å². The molecule has 7 nitrogen and oxygen atoms in total. The molecule has 0 spiro atoms. The van der Waals surface area contributed by atoms with Crippen molar-refractivity contribution in [3.8, 4) is 0 Å². The summed E-state index contributed by atoms with van der Waals surface area (Å²) in [6, 6.07) is 9.40. The van der Waals surface area contributed by atoms with Crippen LogP contribution in [0.1, 0.15) is 18.0 Å². The fraction of sp³-hybridized carbons (Fsp3) is 0.579. The summed E-state index contributed by atoms with van der Waals surface area (Å²) in [5, 5.41) is 0. The van der Waals surface area contributed by atoms with Gasteiger partial charge in [-0.25, -0.2) is 0 Å². The summed E-state index contributed by atoms with van der Waals surface area (Å²) in [6.07, 6.45) is 0.297. The van der Waals surface area contributed by atoms with Gasteiger partial charge in [-0.05, 0) is 5.56 Å². The molecule has 3 rings (SSSR count). The van der Waals surface area contributed by atoms with E-state index in [4.69, 9.17) is 10.5 Å². The molecule has 0 saturated carbocycles. The van der Waals surface area contributed by atoms with Gasteiger partial charge in [0.1, 0.15) is 0 Å². The van der Waals surface area contributed by atoms with Crippen molar-refractivity contribution in [2.75, 3.05) is 59.0 Å². The lowest BCUT2D eigenvalue weighted by Gasteiger charge is -2.36. The number of amides is 2. The molecule has 142 valence electrons. The monoisotopic (exact) mass is 360 g/mol. The average Bonchev–Trinajstić information content (AvgIpc) is 2.69. The van der Waals surface area contributed by atoms with Crippen molar-refractivity contribution < 1.29 is 14.3 Å². The zero-order valence-electron chi connectivity index (χ0n) is 15.2. The van der Waals surface area contributed by atoms with Crippen LogP contribution in [0.5, 0.6) is 0 Å². The first kappa shape index (κ1) is 18.8. The molecule has 0 aromatic heterocycles. The number of hydrogen-bond acceptors (Lipinski definition) is 5. The van der Waals surface area contributed by atoms with Crippen molar-refractivity contribution in [1.29, 1.82) is 0 Å². The van der Waals surface area contributed by atoms with E-state index in [-0.39, 0.29) is 17.9 Å². The fourth-order valence-electron chi connectivity index (χ4n) is 3.39. The topological polar surface area (TPSA) is 79.1 Å². The van der Waals surface area contributed by atoms with Gasteiger partial charge in [0.05, 0.1) is 19.8 Å². The second-order valence-electron chi connectivity index (χ2n) is 6.87. The third-order valence-corrected chi connectivity index (χ3v) is 5.07. The normalized spacial score (nSPS) is 20.0. The summed E-state index contributed by atoms with van der Waals surface area (Å²) >= 11 is 0. The van der Waals surface area contributed by atoms with Gasteiger partial charge in [-0.15, -0.1) is 0 Å². The third-order valence-electron chi connectivity index (χ3n) is 5.07. The van der Waals surface area contributed by atoms with Crippen LogP contribution in [0.3, 0.4) is 0 Å². The van der Waals surface area contributed by atoms with Gasteiger partial charge >= 0.3 is 0 Å². The average molecular weight is 360 g/mol. The number of benzene rings is 1. The van der Waals surface area contributed by atoms with Crippen LogP contribution >= 0.6 is 0 Å². The zero-order valence-corrected chi connectivity index (χ0v) is 15.2. The molecular weight excluding hydrogens is 332 g/mol. The summed E-state index contributed by atoms with van der Waals surface area (Å²) in [5.41, 5.74) is 7.13. The zero-order chi connectivity index (χ0) is 18.4.